The molecule has 0 spiro atoms. The smallest absolute Gasteiger partial charge is 0.175 e. The van der Waals surface area contributed by atoms with Crippen LogP contribution in [0.5, 0.6) is 5.75 Å². The Morgan fingerprint density at radius 2 is 1.85 bits per heavy atom. The molecule has 1 heterocycles. The summed E-state index contributed by atoms with van der Waals surface area (Å²) in [5.74, 6) is 0.779. The third kappa shape index (κ3) is 4.21. The summed E-state index contributed by atoms with van der Waals surface area (Å²) in [6, 6.07) is 17.9. The summed E-state index contributed by atoms with van der Waals surface area (Å²) in [4.78, 5) is 0. The van der Waals surface area contributed by atoms with Crippen LogP contribution in [0.15, 0.2) is 54.6 Å². The number of methoxy groups -OCH3 is 1. The number of hydrogen-bond acceptors (Lipinski definition) is 3. The Hall–Kier alpha value is -2.86. The molecule has 0 aliphatic heterocycles. The molecule has 134 valence electrons. The van der Waals surface area contributed by atoms with E-state index in [4.69, 9.17) is 17.0 Å². The van der Waals surface area contributed by atoms with E-state index in [-0.39, 0.29) is 0 Å². The highest BCUT2D eigenvalue weighted by Crippen LogP contribution is 2.22. The van der Waals surface area contributed by atoms with Gasteiger partial charge in [0.2, 0.25) is 0 Å². The third-order valence-corrected chi connectivity index (χ3v) is 4.33. The second-order valence-corrected chi connectivity index (χ2v) is 6.41. The Balaban J connectivity index is 1.72. The molecule has 0 aliphatic rings. The predicted octanol–water partition coefficient (Wildman–Crippen LogP) is 4.37. The molecule has 26 heavy (non-hydrogen) atoms. The van der Waals surface area contributed by atoms with Crippen LogP contribution in [-0.4, -0.2) is 22.0 Å². The normalized spacial score (nSPS) is 10.4. The lowest BCUT2D eigenvalue weighted by Gasteiger charge is -2.12. The molecule has 0 unspecified atom stereocenters. The van der Waals surface area contributed by atoms with Gasteiger partial charge in [-0.05, 0) is 43.8 Å². The predicted molar refractivity (Wildman–Crippen MR) is 110 cm³/mol. The molecule has 2 N–H and O–H groups in total. The van der Waals surface area contributed by atoms with Crippen molar-refractivity contribution in [2.24, 2.45) is 0 Å². The van der Waals surface area contributed by atoms with Crippen LogP contribution >= 0.6 is 12.2 Å². The van der Waals surface area contributed by atoms with Gasteiger partial charge in [-0.25, -0.2) is 0 Å². The third-order valence-electron chi connectivity index (χ3n) is 4.12. The van der Waals surface area contributed by atoms with Gasteiger partial charge in [0.15, 0.2) is 5.11 Å². The van der Waals surface area contributed by atoms with Gasteiger partial charge in [0.25, 0.3) is 0 Å². The van der Waals surface area contributed by atoms with E-state index in [1.807, 2.05) is 61.0 Å². The van der Waals surface area contributed by atoms with Crippen LogP contribution in [0.2, 0.25) is 0 Å². The molecule has 6 heteroatoms. The van der Waals surface area contributed by atoms with Gasteiger partial charge in [0.1, 0.15) is 5.75 Å². The van der Waals surface area contributed by atoms with E-state index in [9.17, 15) is 0 Å². The summed E-state index contributed by atoms with van der Waals surface area (Å²) in [7, 11) is 1.64. The van der Waals surface area contributed by atoms with Crippen molar-refractivity contribution in [1.29, 1.82) is 0 Å². The number of thiocarbonyl (C=S) groups is 1. The zero-order chi connectivity index (χ0) is 18.5. The fourth-order valence-electron chi connectivity index (χ4n) is 2.76. The van der Waals surface area contributed by atoms with E-state index >= 15 is 0 Å². The van der Waals surface area contributed by atoms with Crippen molar-refractivity contribution in [2.45, 2.75) is 20.4 Å². The number of benzene rings is 2. The minimum absolute atomic E-state index is 0.517. The van der Waals surface area contributed by atoms with Gasteiger partial charge in [-0.3, -0.25) is 4.68 Å². The van der Waals surface area contributed by atoms with Gasteiger partial charge in [0, 0.05) is 11.8 Å². The maximum absolute atomic E-state index is 5.46. The summed E-state index contributed by atoms with van der Waals surface area (Å²) >= 11 is 5.46. The van der Waals surface area contributed by atoms with Gasteiger partial charge in [-0.1, -0.05) is 36.4 Å². The molecule has 5 nitrogen and oxygen atoms in total. The Bertz CT molecular complexity index is 905. The number of rotatable bonds is 5. The maximum atomic E-state index is 5.46. The maximum Gasteiger partial charge on any atom is 0.175 e. The summed E-state index contributed by atoms with van der Waals surface area (Å²) < 4.78 is 7.22. The number of anilines is 2. The lowest BCUT2D eigenvalue weighted by Crippen LogP contribution is -2.20. The van der Waals surface area contributed by atoms with E-state index in [2.05, 4.69) is 27.9 Å². The fourth-order valence-corrected chi connectivity index (χ4v) is 2.98. The number of nitrogens with zero attached hydrogens (tertiary/aromatic N) is 2. The molecule has 3 rings (SSSR count). The van der Waals surface area contributed by atoms with E-state index in [0.717, 1.165) is 35.1 Å². The molecule has 0 saturated carbocycles. The van der Waals surface area contributed by atoms with Gasteiger partial charge in [-0.15, -0.1) is 0 Å². The zero-order valence-electron chi connectivity index (χ0n) is 15.1. The van der Waals surface area contributed by atoms with Crippen molar-refractivity contribution in [3.63, 3.8) is 0 Å². The highest BCUT2D eigenvalue weighted by Gasteiger charge is 2.13. The van der Waals surface area contributed by atoms with Crippen LogP contribution in [0.4, 0.5) is 11.4 Å². The Morgan fingerprint density at radius 3 is 2.58 bits per heavy atom. The summed E-state index contributed by atoms with van der Waals surface area (Å²) in [6.45, 7) is 4.75. The van der Waals surface area contributed by atoms with Gasteiger partial charge >= 0.3 is 0 Å². The van der Waals surface area contributed by atoms with Gasteiger partial charge in [-0.2, -0.15) is 5.10 Å². The zero-order valence-corrected chi connectivity index (χ0v) is 15.9. The number of aryl methyl sites for hydroxylation is 1. The molecule has 2 aromatic carbocycles. The van der Waals surface area contributed by atoms with E-state index < -0.39 is 0 Å². The molecule has 0 aliphatic carbocycles. The fraction of sp³-hybridized carbons (Fsp3) is 0.200. The Labute approximate surface area is 159 Å². The standard InChI is InChI=1S/C20H22N4OS/c1-14-19(15(2)24(23-14)13-16-8-5-4-6-9-16)22-20(26)21-17-10-7-11-18(12-17)25-3/h4-12H,13H2,1-3H3,(H2,21,22,26). The van der Waals surface area contributed by atoms with Crippen LogP contribution < -0.4 is 15.4 Å². The van der Waals surface area contributed by atoms with Crippen molar-refractivity contribution in [3.8, 4) is 5.75 Å². The highest BCUT2D eigenvalue weighted by molar-refractivity contribution is 7.80. The van der Waals surface area contributed by atoms with Crippen LogP contribution in [0.25, 0.3) is 0 Å². The molecular weight excluding hydrogens is 344 g/mol. The first kappa shape index (κ1) is 17.9. The van der Waals surface area contributed by atoms with E-state index in [1.54, 1.807) is 7.11 Å². The molecule has 1 aromatic heterocycles. The van der Waals surface area contributed by atoms with Gasteiger partial charge in [0.05, 0.1) is 30.7 Å². The monoisotopic (exact) mass is 366 g/mol. The number of aromatic nitrogens is 2. The highest BCUT2D eigenvalue weighted by atomic mass is 32.1. The molecule has 0 atom stereocenters. The molecule has 3 aromatic rings. The minimum atomic E-state index is 0.517. The summed E-state index contributed by atoms with van der Waals surface area (Å²) in [5, 5.41) is 11.6. The largest absolute Gasteiger partial charge is 0.497 e. The van der Waals surface area contributed by atoms with Crippen LogP contribution in [0, 0.1) is 13.8 Å². The average Bonchev–Trinajstić information content (AvgIpc) is 2.90. The lowest BCUT2D eigenvalue weighted by molar-refractivity contribution is 0.415. The number of nitrogens with one attached hydrogen (secondary N) is 2. The van der Waals surface area contributed by atoms with Crippen LogP contribution in [-0.2, 0) is 6.54 Å². The minimum Gasteiger partial charge on any atom is -0.497 e. The van der Waals surface area contributed by atoms with Crippen molar-refractivity contribution in [2.75, 3.05) is 17.7 Å². The van der Waals surface area contributed by atoms with Crippen LogP contribution in [0.1, 0.15) is 17.0 Å². The molecule has 0 amide bonds. The second-order valence-electron chi connectivity index (χ2n) is 6.00. The Morgan fingerprint density at radius 1 is 1.08 bits per heavy atom. The molecule has 0 bridgehead atoms. The first-order chi connectivity index (χ1) is 12.6. The topological polar surface area (TPSA) is 51.1 Å². The van der Waals surface area contributed by atoms with Gasteiger partial charge < -0.3 is 15.4 Å². The molecule has 0 fully saturated rings. The van der Waals surface area contributed by atoms with E-state index in [1.165, 1.54) is 5.56 Å². The van der Waals surface area contributed by atoms with Crippen molar-refractivity contribution in [3.05, 3.63) is 71.5 Å². The first-order valence-electron chi connectivity index (χ1n) is 8.37. The first-order valence-corrected chi connectivity index (χ1v) is 8.77. The van der Waals surface area contributed by atoms with Crippen molar-refractivity contribution in [1.82, 2.24) is 9.78 Å². The summed E-state index contributed by atoms with van der Waals surface area (Å²) in [5.41, 5.74) is 4.96. The molecule has 0 radical (unpaired) electrons. The summed E-state index contributed by atoms with van der Waals surface area (Å²) in [6.07, 6.45) is 0. The molecular formula is C20H22N4OS. The quantitative estimate of drug-likeness (QED) is 0.657. The van der Waals surface area contributed by atoms with E-state index in [0.29, 0.717) is 5.11 Å². The van der Waals surface area contributed by atoms with Crippen LogP contribution in [0.3, 0.4) is 0 Å². The lowest BCUT2D eigenvalue weighted by atomic mass is 10.2. The van der Waals surface area contributed by atoms with Crippen molar-refractivity contribution < 1.29 is 4.74 Å². The number of ether oxygens (including phenoxy) is 1. The number of hydrogen-bond donors (Lipinski definition) is 2. The molecule has 0 saturated heterocycles. The van der Waals surface area contributed by atoms with Crippen molar-refractivity contribution >= 4 is 28.7 Å². The Kier molecular flexibility index (Phi) is 5.53. The second kappa shape index (κ2) is 8.01. The average molecular weight is 366 g/mol. The SMILES string of the molecule is COc1cccc(NC(=S)Nc2c(C)nn(Cc3ccccc3)c2C)c1.